The van der Waals surface area contributed by atoms with E-state index in [1.807, 2.05) is 36.1 Å². The van der Waals surface area contributed by atoms with E-state index in [0.29, 0.717) is 38.4 Å². The number of benzene rings is 1. The first-order valence-corrected chi connectivity index (χ1v) is 10.3. The van der Waals surface area contributed by atoms with Gasteiger partial charge in [-0.15, -0.1) is 0 Å². The fraction of sp³-hybridized carbons (Fsp3) is 0.500. The van der Waals surface area contributed by atoms with Gasteiger partial charge in [-0.2, -0.15) is 0 Å². The van der Waals surface area contributed by atoms with Gasteiger partial charge < -0.3 is 19.3 Å². The lowest BCUT2D eigenvalue weighted by molar-refractivity contribution is 0.0130. The smallest absolute Gasteiger partial charge is 0.409 e. The van der Waals surface area contributed by atoms with Crippen molar-refractivity contribution in [2.24, 2.45) is 0 Å². The van der Waals surface area contributed by atoms with Gasteiger partial charge in [-0.25, -0.2) is 4.79 Å². The second kappa shape index (κ2) is 8.78. The maximum atomic E-state index is 13.2. The van der Waals surface area contributed by atoms with Gasteiger partial charge in [-0.1, -0.05) is 0 Å². The van der Waals surface area contributed by atoms with Gasteiger partial charge in [-0.3, -0.25) is 9.78 Å². The van der Waals surface area contributed by atoms with Crippen LogP contribution in [-0.4, -0.2) is 72.3 Å². The molecule has 2 aromatic rings. The first-order chi connectivity index (χ1) is 14.1. The number of likely N-dealkylation sites (tertiary alicyclic amines) is 1. The topological polar surface area (TPSA) is 72.0 Å². The van der Waals surface area contributed by atoms with Crippen molar-refractivity contribution < 1.29 is 19.1 Å². The molecule has 0 bridgehead atoms. The van der Waals surface area contributed by atoms with Crippen LogP contribution in [0.1, 0.15) is 35.2 Å². The number of ether oxygens (including phenoxy) is 2. The molecule has 2 fully saturated rings. The van der Waals surface area contributed by atoms with Gasteiger partial charge in [0.15, 0.2) is 0 Å². The zero-order chi connectivity index (χ0) is 20.2. The van der Waals surface area contributed by atoms with E-state index in [-0.39, 0.29) is 24.6 Å². The van der Waals surface area contributed by atoms with Gasteiger partial charge in [0.25, 0.3) is 5.91 Å². The highest BCUT2D eigenvalue weighted by Crippen LogP contribution is 2.23. The minimum atomic E-state index is -0.321. The minimum Gasteiger partial charge on any atom is -0.447 e. The monoisotopic (exact) mass is 397 g/mol. The number of aryl methyl sites for hydroxylation is 1. The molecule has 2 amide bonds. The molecule has 7 heteroatoms. The Bertz CT molecular complexity index is 895. The van der Waals surface area contributed by atoms with Crippen LogP contribution in [0.15, 0.2) is 30.5 Å². The summed E-state index contributed by atoms with van der Waals surface area (Å²) in [4.78, 5) is 33.5. The van der Waals surface area contributed by atoms with Crippen LogP contribution >= 0.6 is 0 Å². The minimum absolute atomic E-state index is 0.0118. The van der Waals surface area contributed by atoms with Gasteiger partial charge in [-0.05, 0) is 56.0 Å². The highest BCUT2D eigenvalue weighted by Gasteiger charge is 2.29. The second-order valence-electron chi connectivity index (χ2n) is 7.68. The number of hydrogen-bond acceptors (Lipinski definition) is 5. The van der Waals surface area contributed by atoms with Crippen molar-refractivity contribution in [1.29, 1.82) is 0 Å². The molecule has 0 spiro atoms. The average Bonchev–Trinajstić information content (AvgIpc) is 2.78. The van der Waals surface area contributed by atoms with Crippen LogP contribution in [-0.2, 0) is 9.47 Å². The summed E-state index contributed by atoms with van der Waals surface area (Å²) in [6.07, 6.45) is 4.30. The number of rotatable bonds is 3. The molecule has 7 nitrogen and oxygen atoms in total. The summed E-state index contributed by atoms with van der Waals surface area (Å²) in [5.41, 5.74) is 2.63. The maximum Gasteiger partial charge on any atom is 0.409 e. The Balaban J connectivity index is 1.46. The van der Waals surface area contributed by atoms with Crippen LogP contribution in [0.25, 0.3) is 10.9 Å². The Labute approximate surface area is 170 Å². The van der Waals surface area contributed by atoms with Crippen molar-refractivity contribution >= 4 is 22.9 Å². The van der Waals surface area contributed by atoms with E-state index in [2.05, 4.69) is 4.98 Å². The van der Waals surface area contributed by atoms with Crippen molar-refractivity contribution in [2.75, 3.05) is 39.5 Å². The van der Waals surface area contributed by atoms with Crippen LogP contribution in [0.2, 0.25) is 0 Å². The van der Waals surface area contributed by atoms with E-state index in [9.17, 15) is 9.59 Å². The molecule has 0 saturated carbocycles. The SMILES string of the molecule is Cc1ccnc2ccc(C(=O)N3CCCCC3COC(=O)N3CCOCC3)cc12. The van der Waals surface area contributed by atoms with Crippen LogP contribution in [0, 0.1) is 6.92 Å². The highest BCUT2D eigenvalue weighted by atomic mass is 16.6. The summed E-state index contributed by atoms with van der Waals surface area (Å²) < 4.78 is 10.8. The van der Waals surface area contributed by atoms with Crippen LogP contribution in [0.4, 0.5) is 4.79 Å². The molecule has 1 unspecified atom stereocenters. The maximum absolute atomic E-state index is 13.2. The van der Waals surface area contributed by atoms with E-state index in [4.69, 9.17) is 9.47 Å². The summed E-state index contributed by atoms with van der Waals surface area (Å²) in [6.45, 7) is 5.12. The largest absolute Gasteiger partial charge is 0.447 e. The predicted molar refractivity (Wildman–Crippen MR) is 109 cm³/mol. The number of carbonyl (C=O) groups is 2. The Morgan fingerprint density at radius 2 is 2.00 bits per heavy atom. The molecule has 2 saturated heterocycles. The standard InChI is InChI=1S/C22H27N3O4/c1-16-7-8-23-20-6-5-17(14-19(16)20)21(26)25-9-3-2-4-18(25)15-29-22(27)24-10-12-28-13-11-24/h5-8,14,18H,2-4,9-13,15H2,1H3. The van der Waals surface area contributed by atoms with Crippen LogP contribution in [0.3, 0.4) is 0 Å². The molecule has 4 rings (SSSR count). The zero-order valence-corrected chi connectivity index (χ0v) is 16.8. The number of pyridine rings is 1. The van der Waals surface area contributed by atoms with Gasteiger partial charge in [0, 0.05) is 36.8 Å². The van der Waals surface area contributed by atoms with Crippen molar-refractivity contribution in [3.63, 3.8) is 0 Å². The molecule has 0 radical (unpaired) electrons. The summed E-state index contributed by atoms with van der Waals surface area (Å²) in [7, 11) is 0. The Morgan fingerprint density at radius 3 is 2.83 bits per heavy atom. The Hall–Kier alpha value is -2.67. The molecular formula is C22H27N3O4. The third-order valence-corrected chi connectivity index (χ3v) is 5.76. The molecule has 1 aromatic carbocycles. The molecule has 1 atom stereocenters. The molecule has 0 N–H and O–H groups in total. The number of amides is 2. The first-order valence-electron chi connectivity index (χ1n) is 10.3. The van der Waals surface area contributed by atoms with Crippen molar-refractivity contribution in [2.45, 2.75) is 32.2 Å². The normalized spacial score (nSPS) is 20.0. The fourth-order valence-electron chi connectivity index (χ4n) is 4.03. The van der Waals surface area contributed by atoms with Gasteiger partial charge in [0.1, 0.15) is 6.61 Å². The number of hydrogen-bond donors (Lipinski definition) is 0. The molecule has 3 heterocycles. The summed E-state index contributed by atoms with van der Waals surface area (Å²) in [5.74, 6) is -0.0118. The zero-order valence-electron chi connectivity index (χ0n) is 16.8. The number of fused-ring (bicyclic) bond motifs is 1. The van der Waals surface area contributed by atoms with Crippen molar-refractivity contribution in [3.8, 4) is 0 Å². The predicted octanol–water partition coefficient (Wildman–Crippen LogP) is 3.01. The van der Waals surface area contributed by atoms with Crippen molar-refractivity contribution in [1.82, 2.24) is 14.8 Å². The molecule has 0 aliphatic carbocycles. The quantitative estimate of drug-likeness (QED) is 0.796. The van der Waals surface area contributed by atoms with E-state index in [1.54, 1.807) is 11.1 Å². The second-order valence-corrected chi connectivity index (χ2v) is 7.68. The molecule has 1 aromatic heterocycles. The molecule has 2 aliphatic rings. The van der Waals surface area contributed by atoms with E-state index in [0.717, 1.165) is 35.7 Å². The van der Waals surface area contributed by atoms with Gasteiger partial charge >= 0.3 is 6.09 Å². The summed E-state index contributed by atoms with van der Waals surface area (Å²) >= 11 is 0. The fourth-order valence-corrected chi connectivity index (χ4v) is 4.03. The number of nitrogens with zero attached hydrogens (tertiary/aromatic N) is 3. The third kappa shape index (κ3) is 4.34. The molecule has 29 heavy (non-hydrogen) atoms. The van der Waals surface area contributed by atoms with Crippen LogP contribution < -0.4 is 0 Å². The van der Waals surface area contributed by atoms with E-state index < -0.39 is 0 Å². The molecule has 154 valence electrons. The summed E-state index contributed by atoms with van der Waals surface area (Å²) in [6, 6.07) is 7.51. The molecular weight excluding hydrogens is 370 g/mol. The highest BCUT2D eigenvalue weighted by molar-refractivity contribution is 5.98. The third-order valence-electron chi connectivity index (χ3n) is 5.76. The van der Waals surface area contributed by atoms with E-state index >= 15 is 0 Å². The number of aromatic nitrogens is 1. The number of carbonyl (C=O) groups excluding carboxylic acids is 2. The molecule has 2 aliphatic heterocycles. The lowest BCUT2D eigenvalue weighted by atomic mass is 10.0. The number of piperidine rings is 1. The Kier molecular flexibility index (Phi) is 5.94. The summed E-state index contributed by atoms with van der Waals surface area (Å²) in [5, 5.41) is 0.991. The number of morpholine rings is 1. The average molecular weight is 397 g/mol. The lowest BCUT2D eigenvalue weighted by Crippen LogP contribution is -2.48. The Morgan fingerprint density at radius 1 is 1.17 bits per heavy atom. The van der Waals surface area contributed by atoms with Gasteiger partial charge in [0.2, 0.25) is 0 Å². The first kappa shape index (κ1) is 19.6. The van der Waals surface area contributed by atoms with Crippen molar-refractivity contribution in [3.05, 3.63) is 41.6 Å². The van der Waals surface area contributed by atoms with Gasteiger partial charge in [0.05, 0.1) is 24.8 Å². The van der Waals surface area contributed by atoms with Crippen LogP contribution in [0.5, 0.6) is 0 Å². The lowest BCUT2D eigenvalue weighted by Gasteiger charge is -2.36. The van der Waals surface area contributed by atoms with E-state index in [1.165, 1.54) is 0 Å².